The minimum absolute atomic E-state index is 0.0370. The van der Waals surface area contributed by atoms with E-state index in [1.807, 2.05) is 0 Å². The number of rotatable bonds is 7. The van der Waals surface area contributed by atoms with E-state index in [0.29, 0.717) is 6.42 Å². The van der Waals surface area contributed by atoms with Gasteiger partial charge in [0, 0.05) is 12.5 Å². The van der Waals surface area contributed by atoms with Crippen LogP contribution in [0.1, 0.15) is 64.2 Å². The Balaban J connectivity index is 1.60. The number of likely N-dealkylation sites (tertiary alicyclic amines) is 1. The quantitative estimate of drug-likeness (QED) is 0.322. The van der Waals surface area contributed by atoms with Gasteiger partial charge in [0.15, 0.2) is 0 Å². The molecule has 1 atom stereocenters. The van der Waals surface area contributed by atoms with Gasteiger partial charge in [0.25, 0.3) is 0 Å². The summed E-state index contributed by atoms with van der Waals surface area (Å²) >= 11 is 0. The van der Waals surface area contributed by atoms with Gasteiger partial charge in [0.05, 0.1) is 0 Å². The molecule has 1 unspecified atom stereocenters. The Kier molecular flexibility index (Phi) is 6.11. The van der Waals surface area contributed by atoms with E-state index in [1.54, 1.807) is 0 Å². The molecule has 2 fully saturated rings. The summed E-state index contributed by atoms with van der Waals surface area (Å²) in [4.78, 5) is 13.7. The molecule has 1 aliphatic heterocycles. The third-order valence-electron chi connectivity index (χ3n) is 4.87. The highest BCUT2D eigenvalue weighted by Crippen LogP contribution is 2.35. The number of hydrazine groups is 1. The molecule has 0 bridgehead atoms. The fraction of sp³-hybridized carbons (Fsp3) is 0.933. The number of unbranched alkanes of at least 4 members (excludes halogenated alkanes) is 2. The van der Waals surface area contributed by atoms with E-state index in [1.165, 1.54) is 58.0 Å². The van der Waals surface area contributed by atoms with Crippen LogP contribution >= 0.6 is 0 Å². The zero-order chi connectivity index (χ0) is 13.5. The van der Waals surface area contributed by atoms with Gasteiger partial charge in [-0.25, -0.2) is 5.84 Å². The molecule has 110 valence electrons. The van der Waals surface area contributed by atoms with E-state index >= 15 is 0 Å². The zero-order valence-electron chi connectivity index (χ0n) is 12.1. The molecule has 0 radical (unpaired) electrons. The Bertz CT molecular complexity index is 277. The maximum atomic E-state index is 11.0. The first-order valence-corrected chi connectivity index (χ1v) is 8.05. The van der Waals surface area contributed by atoms with Crippen LogP contribution in [0.2, 0.25) is 0 Å². The van der Waals surface area contributed by atoms with Crippen molar-refractivity contribution in [2.24, 2.45) is 11.8 Å². The average Bonchev–Trinajstić information content (AvgIpc) is 3.08. The molecule has 4 nitrogen and oxygen atoms in total. The lowest BCUT2D eigenvalue weighted by Gasteiger charge is -2.29. The van der Waals surface area contributed by atoms with Crippen LogP contribution in [0, 0.1) is 5.92 Å². The van der Waals surface area contributed by atoms with Crippen LogP contribution in [0.3, 0.4) is 0 Å². The third kappa shape index (κ3) is 4.46. The summed E-state index contributed by atoms with van der Waals surface area (Å²) in [5.41, 5.74) is 2.19. The predicted octanol–water partition coefficient (Wildman–Crippen LogP) is 2.19. The molecule has 2 rings (SSSR count). The van der Waals surface area contributed by atoms with Gasteiger partial charge in [-0.1, -0.05) is 19.3 Å². The van der Waals surface area contributed by atoms with Crippen molar-refractivity contribution in [1.82, 2.24) is 10.3 Å². The molecule has 1 saturated heterocycles. The fourth-order valence-corrected chi connectivity index (χ4v) is 3.85. The maximum absolute atomic E-state index is 11.0. The number of hydrogen-bond acceptors (Lipinski definition) is 3. The number of carbonyl (C=O) groups is 1. The van der Waals surface area contributed by atoms with Crippen LogP contribution < -0.4 is 11.3 Å². The first-order valence-electron chi connectivity index (χ1n) is 8.05. The number of hydrogen-bond donors (Lipinski definition) is 2. The number of nitrogens with zero attached hydrogens (tertiary/aromatic N) is 1. The van der Waals surface area contributed by atoms with E-state index in [9.17, 15) is 4.79 Å². The second-order valence-electron chi connectivity index (χ2n) is 6.17. The first kappa shape index (κ1) is 14.8. The molecule has 0 aromatic heterocycles. The molecule has 0 aromatic rings. The highest BCUT2D eigenvalue weighted by atomic mass is 16.2. The molecule has 0 spiro atoms. The molecule has 4 heteroatoms. The molecule has 19 heavy (non-hydrogen) atoms. The molecule has 1 saturated carbocycles. The lowest BCUT2D eigenvalue weighted by Crippen LogP contribution is -2.35. The Labute approximate surface area is 117 Å². The second-order valence-corrected chi connectivity index (χ2v) is 6.17. The van der Waals surface area contributed by atoms with Gasteiger partial charge >= 0.3 is 0 Å². The summed E-state index contributed by atoms with van der Waals surface area (Å²) < 4.78 is 0. The lowest BCUT2D eigenvalue weighted by atomic mass is 9.96. The molecule has 1 heterocycles. The van der Waals surface area contributed by atoms with E-state index in [2.05, 4.69) is 10.3 Å². The lowest BCUT2D eigenvalue weighted by molar-refractivity contribution is -0.121. The Morgan fingerprint density at radius 1 is 1.11 bits per heavy atom. The van der Waals surface area contributed by atoms with Crippen LogP contribution in [0.15, 0.2) is 0 Å². The number of amides is 1. The molecule has 0 aromatic carbocycles. The van der Waals surface area contributed by atoms with Gasteiger partial charge in [-0.2, -0.15) is 0 Å². The summed E-state index contributed by atoms with van der Waals surface area (Å²) in [5, 5.41) is 0. The van der Waals surface area contributed by atoms with E-state index in [0.717, 1.165) is 24.8 Å². The summed E-state index contributed by atoms with van der Waals surface area (Å²) in [5.74, 6) is 6.01. The summed E-state index contributed by atoms with van der Waals surface area (Å²) in [6.07, 6.45) is 12.5. The summed E-state index contributed by atoms with van der Waals surface area (Å²) in [6, 6.07) is 0.870. The zero-order valence-corrected chi connectivity index (χ0v) is 12.1. The van der Waals surface area contributed by atoms with E-state index in [-0.39, 0.29) is 5.91 Å². The average molecular weight is 267 g/mol. The Hall–Kier alpha value is -0.610. The minimum Gasteiger partial charge on any atom is -0.300 e. The summed E-state index contributed by atoms with van der Waals surface area (Å²) in [6.45, 7) is 2.52. The highest BCUT2D eigenvalue weighted by Gasteiger charge is 2.32. The van der Waals surface area contributed by atoms with Crippen molar-refractivity contribution in [1.29, 1.82) is 0 Å². The molecule has 3 N–H and O–H groups in total. The second kappa shape index (κ2) is 7.85. The minimum atomic E-state index is -0.0370. The standard InChI is InChI=1S/C15H29N3O/c16-17-15(19)10-2-1-5-11-18-12-6-9-14(18)13-7-3-4-8-13/h13-14H,1-12,16H2,(H,17,19). The van der Waals surface area contributed by atoms with Crippen LogP contribution in [0.25, 0.3) is 0 Å². The first-order chi connectivity index (χ1) is 9.31. The normalized spacial score (nSPS) is 25.0. The number of nitrogens with two attached hydrogens (primary N) is 1. The molecular formula is C15H29N3O. The largest absolute Gasteiger partial charge is 0.300 e. The van der Waals surface area contributed by atoms with Crippen LogP contribution in [0.5, 0.6) is 0 Å². The van der Waals surface area contributed by atoms with Crippen LogP contribution in [-0.2, 0) is 4.79 Å². The topological polar surface area (TPSA) is 58.4 Å². The van der Waals surface area contributed by atoms with Crippen molar-refractivity contribution in [2.75, 3.05) is 13.1 Å². The van der Waals surface area contributed by atoms with Crippen molar-refractivity contribution in [3.05, 3.63) is 0 Å². The van der Waals surface area contributed by atoms with E-state index < -0.39 is 0 Å². The molecule has 1 aliphatic carbocycles. The van der Waals surface area contributed by atoms with Crippen LogP contribution in [-0.4, -0.2) is 29.9 Å². The number of nitrogens with one attached hydrogen (secondary N) is 1. The third-order valence-corrected chi connectivity index (χ3v) is 4.87. The van der Waals surface area contributed by atoms with Gasteiger partial charge < -0.3 is 4.90 Å². The van der Waals surface area contributed by atoms with E-state index in [4.69, 9.17) is 5.84 Å². The van der Waals surface area contributed by atoms with Gasteiger partial charge in [-0.15, -0.1) is 0 Å². The molecule has 1 amide bonds. The van der Waals surface area contributed by atoms with Crippen molar-refractivity contribution in [3.63, 3.8) is 0 Å². The van der Waals surface area contributed by atoms with Gasteiger partial charge in [0.2, 0.25) is 5.91 Å². The van der Waals surface area contributed by atoms with Crippen LogP contribution in [0.4, 0.5) is 0 Å². The van der Waals surface area contributed by atoms with Gasteiger partial charge in [-0.3, -0.25) is 10.2 Å². The summed E-state index contributed by atoms with van der Waals surface area (Å²) in [7, 11) is 0. The maximum Gasteiger partial charge on any atom is 0.233 e. The van der Waals surface area contributed by atoms with Gasteiger partial charge in [0.1, 0.15) is 0 Å². The molecular weight excluding hydrogens is 238 g/mol. The highest BCUT2D eigenvalue weighted by molar-refractivity contribution is 5.74. The Morgan fingerprint density at radius 2 is 1.89 bits per heavy atom. The fourth-order valence-electron chi connectivity index (χ4n) is 3.85. The van der Waals surface area contributed by atoms with Crippen molar-refractivity contribution >= 4 is 5.91 Å². The monoisotopic (exact) mass is 267 g/mol. The SMILES string of the molecule is NNC(=O)CCCCCN1CCCC1C1CCCC1. The number of carbonyl (C=O) groups excluding carboxylic acids is 1. The van der Waals surface area contributed by atoms with Gasteiger partial charge in [-0.05, 0) is 57.5 Å². The predicted molar refractivity (Wildman–Crippen MR) is 77.4 cm³/mol. The molecule has 2 aliphatic rings. The smallest absolute Gasteiger partial charge is 0.233 e. The Morgan fingerprint density at radius 3 is 2.63 bits per heavy atom. The van der Waals surface area contributed by atoms with Crippen molar-refractivity contribution in [3.8, 4) is 0 Å². The van der Waals surface area contributed by atoms with Crippen molar-refractivity contribution < 1.29 is 4.79 Å². The van der Waals surface area contributed by atoms with Crippen molar-refractivity contribution in [2.45, 2.75) is 70.3 Å².